The van der Waals surface area contributed by atoms with Crippen LogP contribution in [-0.4, -0.2) is 37.1 Å². The smallest absolute Gasteiger partial charge is 0.0275 e. The van der Waals surface area contributed by atoms with E-state index in [-0.39, 0.29) is 0 Å². The lowest BCUT2D eigenvalue weighted by molar-refractivity contribution is 0.0761. The monoisotopic (exact) mass is 250 g/mol. The van der Waals surface area contributed by atoms with Gasteiger partial charge in [0.15, 0.2) is 0 Å². The fourth-order valence-electron chi connectivity index (χ4n) is 5.26. The van der Waals surface area contributed by atoms with Gasteiger partial charge in [0.05, 0.1) is 0 Å². The summed E-state index contributed by atoms with van der Waals surface area (Å²) in [5, 5.41) is 3.62. The van der Waals surface area contributed by atoms with Gasteiger partial charge in [-0.15, -0.1) is 0 Å². The molecule has 6 unspecified atom stereocenters. The molecule has 104 valence electrons. The Balaban J connectivity index is 1.70. The van der Waals surface area contributed by atoms with Crippen molar-refractivity contribution in [2.24, 2.45) is 23.7 Å². The van der Waals surface area contributed by atoms with Crippen LogP contribution >= 0.6 is 0 Å². The molecule has 1 N–H and O–H groups in total. The lowest BCUT2D eigenvalue weighted by atomic mass is 9.76. The van der Waals surface area contributed by atoms with Gasteiger partial charge in [-0.25, -0.2) is 0 Å². The topological polar surface area (TPSA) is 15.3 Å². The first-order valence-electron chi connectivity index (χ1n) is 8.10. The van der Waals surface area contributed by atoms with Gasteiger partial charge < -0.3 is 5.32 Å². The van der Waals surface area contributed by atoms with E-state index in [4.69, 9.17) is 0 Å². The summed E-state index contributed by atoms with van der Waals surface area (Å²) < 4.78 is 0. The van der Waals surface area contributed by atoms with Crippen LogP contribution in [0.5, 0.6) is 0 Å². The van der Waals surface area contributed by atoms with E-state index in [0.717, 1.165) is 35.8 Å². The third-order valence-electron chi connectivity index (χ3n) is 5.97. The third kappa shape index (κ3) is 2.22. The fourth-order valence-corrected chi connectivity index (χ4v) is 5.26. The zero-order chi connectivity index (χ0) is 12.7. The molecule has 0 spiro atoms. The minimum absolute atomic E-state index is 0.725. The summed E-state index contributed by atoms with van der Waals surface area (Å²) in [6, 6.07) is 1.53. The highest BCUT2D eigenvalue weighted by molar-refractivity contribution is 4.99. The number of nitrogens with one attached hydrogen (secondary N) is 1. The van der Waals surface area contributed by atoms with Gasteiger partial charge in [-0.3, -0.25) is 4.90 Å². The van der Waals surface area contributed by atoms with Crippen LogP contribution < -0.4 is 5.32 Å². The Hall–Kier alpha value is -0.0800. The Morgan fingerprint density at radius 1 is 1.00 bits per heavy atom. The second-order valence-electron chi connectivity index (χ2n) is 7.34. The number of hydrogen-bond donors (Lipinski definition) is 1. The van der Waals surface area contributed by atoms with E-state index in [9.17, 15) is 0 Å². The molecule has 3 fully saturated rings. The Kier molecular flexibility index (Phi) is 3.68. The van der Waals surface area contributed by atoms with Crippen molar-refractivity contribution in [3.05, 3.63) is 0 Å². The zero-order valence-electron chi connectivity index (χ0n) is 12.4. The molecular formula is C16H30N2. The molecule has 2 saturated carbocycles. The highest BCUT2D eigenvalue weighted by atomic mass is 15.2. The van der Waals surface area contributed by atoms with Crippen molar-refractivity contribution in [2.75, 3.05) is 20.1 Å². The van der Waals surface area contributed by atoms with Gasteiger partial charge in [0.1, 0.15) is 0 Å². The van der Waals surface area contributed by atoms with Crippen LogP contribution in [-0.2, 0) is 0 Å². The van der Waals surface area contributed by atoms with Crippen LogP contribution in [0.3, 0.4) is 0 Å². The van der Waals surface area contributed by atoms with E-state index < -0.39 is 0 Å². The van der Waals surface area contributed by atoms with E-state index in [1.54, 1.807) is 0 Å². The fraction of sp³-hybridized carbons (Fsp3) is 1.00. The number of hydrogen-bond acceptors (Lipinski definition) is 2. The second-order valence-corrected chi connectivity index (χ2v) is 7.34. The van der Waals surface area contributed by atoms with Crippen molar-refractivity contribution in [2.45, 2.75) is 58.0 Å². The number of rotatable bonds is 2. The van der Waals surface area contributed by atoms with Crippen molar-refractivity contribution < 1.29 is 0 Å². The minimum Gasteiger partial charge on any atom is -0.315 e. The molecule has 0 amide bonds. The number of nitrogens with zero attached hydrogens (tertiary/aromatic N) is 1. The molecule has 0 aromatic carbocycles. The lowest BCUT2D eigenvalue weighted by Gasteiger charge is -2.44. The maximum atomic E-state index is 3.62. The lowest BCUT2D eigenvalue weighted by Crippen LogP contribution is -2.55. The van der Waals surface area contributed by atoms with Crippen LogP contribution in [0.25, 0.3) is 0 Å². The Bertz CT molecular complexity index is 279. The van der Waals surface area contributed by atoms with Gasteiger partial charge in [-0.2, -0.15) is 0 Å². The highest BCUT2D eigenvalue weighted by Gasteiger charge is 2.43. The highest BCUT2D eigenvalue weighted by Crippen LogP contribution is 2.42. The SMILES string of the molecule is CNC1CC(C)CC(C)C1N1CC2CCCC2C1. The molecule has 0 aromatic rings. The summed E-state index contributed by atoms with van der Waals surface area (Å²) in [5.74, 6) is 3.84. The number of likely N-dealkylation sites (tertiary alicyclic amines) is 1. The first-order chi connectivity index (χ1) is 8.69. The quantitative estimate of drug-likeness (QED) is 0.811. The Labute approximate surface area is 113 Å². The van der Waals surface area contributed by atoms with E-state index in [1.807, 2.05) is 0 Å². The maximum Gasteiger partial charge on any atom is 0.0275 e. The largest absolute Gasteiger partial charge is 0.315 e. The van der Waals surface area contributed by atoms with Crippen LogP contribution in [0.2, 0.25) is 0 Å². The first kappa shape index (κ1) is 12.9. The van der Waals surface area contributed by atoms with Crippen LogP contribution in [0.15, 0.2) is 0 Å². The minimum atomic E-state index is 0.725. The molecule has 1 saturated heterocycles. The van der Waals surface area contributed by atoms with Crippen LogP contribution in [0, 0.1) is 23.7 Å². The van der Waals surface area contributed by atoms with Crippen LogP contribution in [0.1, 0.15) is 46.0 Å². The predicted octanol–water partition coefficient (Wildman–Crippen LogP) is 2.74. The van der Waals surface area contributed by atoms with Crippen molar-refractivity contribution in [3.63, 3.8) is 0 Å². The molecule has 3 rings (SSSR count). The summed E-state index contributed by atoms with van der Waals surface area (Å²) in [4.78, 5) is 2.85. The van der Waals surface area contributed by atoms with Gasteiger partial charge in [-0.05, 0) is 56.4 Å². The van der Waals surface area contributed by atoms with Gasteiger partial charge in [0.2, 0.25) is 0 Å². The Morgan fingerprint density at radius 2 is 1.67 bits per heavy atom. The first-order valence-corrected chi connectivity index (χ1v) is 8.10. The van der Waals surface area contributed by atoms with E-state index in [1.165, 1.54) is 45.2 Å². The molecule has 1 heterocycles. The molecular weight excluding hydrogens is 220 g/mol. The molecule has 2 heteroatoms. The number of fused-ring (bicyclic) bond motifs is 1. The summed E-state index contributed by atoms with van der Waals surface area (Å²) >= 11 is 0. The van der Waals surface area contributed by atoms with E-state index in [2.05, 4.69) is 31.1 Å². The molecule has 2 aliphatic carbocycles. The van der Waals surface area contributed by atoms with Gasteiger partial charge in [0, 0.05) is 25.2 Å². The average Bonchev–Trinajstić information content (AvgIpc) is 2.87. The molecule has 6 atom stereocenters. The summed E-state index contributed by atoms with van der Waals surface area (Å²) in [7, 11) is 2.17. The molecule has 0 bridgehead atoms. The summed E-state index contributed by atoms with van der Waals surface area (Å²) in [6.45, 7) is 7.70. The molecule has 1 aliphatic heterocycles. The van der Waals surface area contributed by atoms with Gasteiger partial charge in [0.25, 0.3) is 0 Å². The maximum absolute atomic E-state index is 3.62. The molecule has 0 radical (unpaired) electrons. The second kappa shape index (κ2) is 5.13. The summed E-state index contributed by atoms with van der Waals surface area (Å²) in [5.41, 5.74) is 0. The normalized spacial score (nSPS) is 49.5. The van der Waals surface area contributed by atoms with Gasteiger partial charge >= 0.3 is 0 Å². The van der Waals surface area contributed by atoms with E-state index in [0.29, 0.717) is 0 Å². The van der Waals surface area contributed by atoms with Crippen molar-refractivity contribution >= 4 is 0 Å². The average molecular weight is 250 g/mol. The molecule has 18 heavy (non-hydrogen) atoms. The third-order valence-corrected chi connectivity index (χ3v) is 5.97. The Morgan fingerprint density at radius 3 is 2.28 bits per heavy atom. The molecule has 2 nitrogen and oxygen atoms in total. The molecule has 0 aromatic heterocycles. The standard InChI is InChI=1S/C16H30N2/c1-11-7-12(2)16(15(8-11)17-3)18-9-13-5-4-6-14(13)10-18/h11-17H,4-10H2,1-3H3. The van der Waals surface area contributed by atoms with Crippen molar-refractivity contribution in [1.82, 2.24) is 10.2 Å². The van der Waals surface area contributed by atoms with Crippen molar-refractivity contribution in [1.29, 1.82) is 0 Å². The van der Waals surface area contributed by atoms with E-state index >= 15 is 0 Å². The van der Waals surface area contributed by atoms with Gasteiger partial charge in [-0.1, -0.05) is 20.3 Å². The van der Waals surface area contributed by atoms with Crippen molar-refractivity contribution in [3.8, 4) is 0 Å². The van der Waals surface area contributed by atoms with Crippen LogP contribution in [0.4, 0.5) is 0 Å². The predicted molar refractivity (Wildman–Crippen MR) is 76.6 cm³/mol. The number of likely N-dealkylation sites (N-methyl/N-ethyl adjacent to an activating group) is 1. The summed E-state index contributed by atoms with van der Waals surface area (Å²) in [6.07, 6.45) is 7.30. The zero-order valence-corrected chi connectivity index (χ0v) is 12.4. The molecule has 3 aliphatic rings.